The van der Waals surface area contributed by atoms with E-state index < -0.39 is 5.92 Å². The number of rotatable bonds is 5. The van der Waals surface area contributed by atoms with E-state index in [0.717, 1.165) is 18.7 Å². The molecule has 2 N–H and O–H groups in total. The highest BCUT2D eigenvalue weighted by atomic mass is 16.1. The Morgan fingerprint density at radius 1 is 1.80 bits per heavy atom. The van der Waals surface area contributed by atoms with E-state index in [0.29, 0.717) is 6.54 Å². The molecular weight excluding hydrogens is 192 g/mol. The standard InChI is InChI=1S/C10H14N4O/c1-8(7-11)10(15)14-4-2-3-9-12-5-6-13-9/h5-6,8H,2-4H2,1H3,(H,12,13)(H,14,15). The van der Waals surface area contributed by atoms with Gasteiger partial charge in [0.1, 0.15) is 11.7 Å². The minimum Gasteiger partial charge on any atom is -0.355 e. The van der Waals surface area contributed by atoms with Crippen LogP contribution in [0.4, 0.5) is 0 Å². The molecule has 1 rings (SSSR count). The highest BCUT2D eigenvalue weighted by Crippen LogP contribution is 1.95. The molecule has 0 aliphatic rings. The molecule has 5 nitrogen and oxygen atoms in total. The summed E-state index contributed by atoms with van der Waals surface area (Å²) in [6.45, 7) is 2.16. The van der Waals surface area contributed by atoms with Crippen molar-refractivity contribution in [1.29, 1.82) is 5.26 Å². The van der Waals surface area contributed by atoms with Crippen molar-refractivity contribution in [1.82, 2.24) is 15.3 Å². The van der Waals surface area contributed by atoms with Gasteiger partial charge in [-0.2, -0.15) is 5.26 Å². The van der Waals surface area contributed by atoms with Gasteiger partial charge in [0.15, 0.2) is 0 Å². The van der Waals surface area contributed by atoms with Crippen LogP contribution in [0, 0.1) is 17.2 Å². The molecule has 1 aromatic heterocycles. The number of aryl methyl sites for hydroxylation is 1. The van der Waals surface area contributed by atoms with Crippen LogP contribution in [0.2, 0.25) is 0 Å². The minimum absolute atomic E-state index is 0.211. The number of amides is 1. The van der Waals surface area contributed by atoms with Crippen LogP contribution in [0.25, 0.3) is 0 Å². The van der Waals surface area contributed by atoms with Crippen LogP contribution >= 0.6 is 0 Å². The number of carbonyl (C=O) groups is 1. The molecule has 1 unspecified atom stereocenters. The molecule has 1 atom stereocenters. The van der Waals surface area contributed by atoms with Crippen molar-refractivity contribution >= 4 is 5.91 Å². The lowest BCUT2D eigenvalue weighted by Crippen LogP contribution is -2.29. The first-order valence-electron chi connectivity index (χ1n) is 4.89. The molecule has 0 bridgehead atoms. The van der Waals surface area contributed by atoms with Crippen LogP contribution in [0.5, 0.6) is 0 Å². The molecule has 0 radical (unpaired) electrons. The average molecular weight is 206 g/mol. The molecule has 1 heterocycles. The monoisotopic (exact) mass is 206 g/mol. The van der Waals surface area contributed by atoms with Gasteiger partial charge in [-0.15, -0.1) is 0 Å². The van der Waals surface area contributed by atoms with E-state index in [9.17, 15) is 4.79 Å². The van der Waals surface area contributed by atoms with Crippen LogP contribution in [-0.4, -0.2) is 22.4 Å². The van der Waals surface area contributed by atoms with E-state index in [2.05, 4.69) is 15.3 Å². The first kappa shape index (κ1) is 11.2. The van der Waals surface area contributed by atoms with Gasteiger partial charge in [-0.25, -0.2) is 4.98 Å². The Morgan fingerprint density at radius 2 is 2.60 bits per heavy atom. The van der Waals surface area contributed by atoms with Crippen LogP contribution in [0.3, 0.4) is 0 Å². The molecule has 0 fully saturated rings. The predicted molar refractivity (Wildman–Crippen MR) is 54.7 cm³/mol. The summed E-state index contributed by atoms with van der Waals surface area (Å²) in [6.07, 6.45) is 5.09. The zero-order valence-electron chi connectivity index (χ0n) is 8.66. The molecule has 5 heteroatoms. The largest absolute Gasteiger partial charge is 0.355 e. The molecule has 0 aliphatic carbocycles. The third-order valence-corrected chi connectivity index (χ3v) is 2.03. The molecule has 0 aliphatic heterocycles. The fraction of sp³-hybridized carbons (Fsp3) is 0.500. The van der Waals surface area contributed by atoms with E-state index in [1.165, 1.54) is 0 Å². The number of nitrogens with one attached hydrogen (secondary N) is 2. The number of H-pyrrole nitrogens is 1. The van der Waals surface area contributed by atoms with Gasteiger partial charge in [-0.05, 0) is 13.3 Å². The van der Waals surface area contributed by atoms with Crippen LogP contribution in [0.15, 0.2) is 12.4 Å². The van der Waals surface area contributed by atoms with E-state index in [1.54, 1.807) is 19.3 Å². The van der Waals surface area contributed by atoms with Crippen LogP contribution < -0.4 is 5.32 Å². The summed E-state index contributed by atoms with van der Waals surface area (Å²) in [7, 11) is 0. The van der Waals surface area contributed by atoms with Crippen molar-refractivity contribution in [3.63, 3.8) is 0 Å². The quantitative estimate of drug-likeness (QED) is 0.693. The van der Waals surface area contributed by atoms with Gasteiger partial charge in [0.2, 0.25) is 5.91 Å². The van der Waals surface area contributed by atoms with Crippen molar-refractivity contribution in [3.8, 4) is 6.07 Å². The Bertz CT molecular complexity index is 339. The Kier molecular flexibility index (Phi) is 4.35. The van der Waals surface area contributed by atoms with Crippen molar-refractivity contribution in [2.75, 3.05) is 6.54 Å². The smallest absolute Gasteiger partial charge is 0.237 e. The topological polar surface area (TPSA) is 81.6 Å². The molecule has 0 spiro atoms. The Hall–Kier alpha value is -1.83. The first-order valence-corrected chi connectivity index (χ1v) is 4.89. The molecular formula is C10H14N4O. The normalized spacial score (nSPS) is 11.7. The highest BCUT2D eigenvalue weighted by molar-refractivity contribution is 5.80. The van der Waals surface area contributed by atoms with Crippen LogP contribution in [-0.2, 0) is 11.2 Å². The van der Waals surface area contributed by atoms with Gasteiger partial charge in [0.05, 0.1) is 6.07 Å². The average Bonchev–Trinajstić information content (AvgIpc) is 2.75. The fourth-order valence-corrected chi connectivity index (χ4v) is 1.11. The summed E-state index contributed by atoms with van der Waals surface area (Å²) in [5, 5.41) is 11.2. The van der Waals surface area contributed by atoms with Gasteiger partial charge in [0.25, 0.3) is 0 Å². The summed E-state index contributed by atoms with van der Waals surface area (Å²) in [5.41, 5.74) is 0. The van der Waals surface area contributed by atoms with Crippen molar-refractivity contribution in [2.45, 2.75) is 19.8 Å². The second-order valence-electron chi connectivity index (χ2n) is 3.28. The molecule has 1 aromatic rings. The van der Waals surface area contributed by atoms with Crippen molar-refractivity contribution in [3.05, 3.63) is 18.2 Å². The van der Waals surface area contributed by atoms with Gasteiger partial charge < -0.3 is 10.3 Å². The maximum atomic E-state index is 11.2. The molecule has 80 valence electrons. The third kappa shape index (κ3) is 3.81. The van der Waals surface area contributed by atoms with E-state index >= 15 is 0 Å². The third-order valence-electron chi connectivity index (χ3n) is 2.03. The van der Waals surface area contributed by atoms with Crippen molar-refractivity contribution < 1.29 is 4.79 Å². The van der Waals surface area contributed by atoms with Gasteiger partial charge in [-0.3, -0.25) is 4.79 Å². The molecule has 0 aromatic carbocycles. The highest BCUT2D eigenvalue weighted by Gasteiger charge is 2.09. The SMILES string of the molecule is CC(C#N)C(=O)NCCCc1ncc[nH]1. The zero-order valence-corrected chi connectivity index (χ0v) is 8.66. The first-order chi connectivity index (χ1) is 7.24. The summed E-state index contributed by atoms with van der Waals surface area (Å²) < 4.78 is 0. The number of nitriles is 1. The molecule has 0 saturated carbocycles. The van der Waals surface area contributed by atoms with E-state index in [1.807, 2.05) is 6.07 Å². The van der Waals surface area contributed by atoms with Gasteiger partial charge >= 0.3 is 0 Å². The second kappa shape index (κ2) is 5.81. The van der Waals surface area contributed by atoms with E-state index in [4.69, 9.17) is 5.26 Å². The Balaban J connectivity index is 2.12. The summed E-state index contributed by atoms with van der Waals surface area (Å²) >= 11 is 0. The Labute approximate surface area is 88.5 Å². The van der Waals surface area contributed by atoms with E-state index in [-0.39, 0.29) is 5.91 Å². The number of aromatic nitrogens is 2. The number of imidazole rings is 1. The lowest BCUT2D eigenvalue weighted by molar-refractivity contribution is -0.122. The summed E-state index contributed by atoms with van der Waals surface area (Å²) in [5.74, 6) is 0.128. The van der Waals surface area contributed by atoms with Crippen molar-refractivity contribution in [2.24, 2.45) is 5.92 Å². The number of hydrogen-bond acceptors (Lipinski definition) is 3. The predicted octanol–water partition coefficient (Wildman–Crippen LogP) is 0.618. The molecule has 15 heavy (non-hydrogen) atoms. The maximum Gasteiger partial charge on any atom is 0.237 e. The number of nitrogens with zero attached hydrogens (tertiary/aromatic N) is 2. The Morgan fingerprint density at radius 3 is 3.20 bits per heavy atom. The molecule has 1 amide bonds. The molecule has 0 saturated heterocycles. The lowest BCUT2D eigenvalue weighted by atomic mass is 10.2. The van der Waals surface area contributed by atoms with Crippen LogP contribution in [0.1, 0.15) is 19.2 Å². The van der Waals surface area contributed by atoms with Gasteiger partial charge in [-0.1, -0.05) is 0 Å². The fourth-order valence-electron chi connectivity index (χ4n) is 1.11. The zero-order chi connectivity index (χ0) is 11.1. The number of hydrogen-bond donors (Lipinski definition) is 2. The lowest BCUT2D eigenvalue weighted by Gasteiger charge is -2.04. The summed E-state index contributed by atoms with van der Waals surface area (Å²) in [6, 6.07) is 1.89. The minimum atomic E-state index is -0.575. The number of carbonyl (C=O) groups excluding carboxylic acids is 1. The number of aromatic amines is 1. The maximum absolute atomic E-state index is 11.2. The summed E-state index contributed by atoms with van der Waals surface area (Å²) in [4.78, 5) is 18.2. The second-order valence-corrected chi connectivity index (χ2v) is 3.28. The van der Waals surface area contributed by atoms with Gasteiger partial charge in [0, 0.05) is 25.4 Å².